The van der Waals surface area contributed by atoms with Crippen molar-refractivity contribution in [3.8, 4) is 16.9 Å². The predicted octanol–water partition coefficient (Wildman–Crippen LogP) is 6.52. The molecule has 3 aromatic rings. The number of rotatable bonds is 7. The molecule has 0 fully saturated rings. The summed E-state index contributed by atoms with van der Waals surface area (Å²) >= 11 is 0. The first-order valence-electron chi connectivity index (χ1n) is 10.2. The lowest BCUT2D eigenvalue weighted by atomic mass is 9.99. The molecule has 0 radical (unpaired) electrons. The van der Waals surface area contributed by atoms with Crippen molar-refractivity contribution in [3.05, 3.63) is 94.6 Å². The Labute approximate surface area is 179 Å². The molecule has 154 valence electrons. The van der Waals surface area contributed by atoms with Crippen LogP contribution in [-0.4, -0.2) is 12.6 Å². The van der Waals surface area contributed by atoms with Crippen LogP contribution in [0.15, 0.2) is 72.3 Å². The molecule has 0 aliphatic rings. The Balaban J connectivity index is 1.72. The van der Waals surface area contributed by atoms with Gasteiger partial charge in [0, 0.05) is 5.57 Å². The molecule has 3 nitrogen and oxygen atoms in total. The van der Waals surface area contributed by atoms with Crippen LogP contribution in [0.3, 0.4) is 0 Å². The van der Waals surface area contributed by atoms with E-state index in [1.165, 1.54) is 16.7 Å². The highest BCUT2D eigenvalue weighted by Crippen LogP contribution is 2.25. The van der Waals surface area contributed by atoms with Crippen molar-refractivity contribution in [2.24, 2.45) is 0 Å². The topological polar surface area (TPSA) is 35.5 Å². The Morgan fingerprint density at radius 2 is 1.70 bits per heavy atom. The number of ether oxygens (including phenoxy) is 2. The second kappa shape index (κ2) is 9.93. The molecule has 3 rings (SSSR count). The fraction of sp³-hybridized carbons (Fsp3) is 0.222. The maximum atomic E-state index is 11.9. The van der Waals surface area contributed by atoms with Gasteiger partial charge in [-0.25, -0.2) is 4.79 Å². The summed E-state index contributed by atoms with van der Waals surface area (Å²) in [6.45, 7) is 8.56. The van der Waals surface area contributed by atoms with Gasteiger partial charge in [-0.05, 0) is 79.3 Å². The molecule has 0 aliphatic heterocycles. The van der Waals surface area contributed by atoms with Crippen LogP contribution in [0.4, 0.5) is 0 Å². The molecular formula is C27H28O3. The number of esters is 1. The molecule has 30 heavy (non-hydrogen) atoms. The summed E-state index contributed by atoms with van der Waals surface area (Å²) in [5.41, 5.74) is 7.39. The third-order valence-electron chi connectivity index (χ3n) is 5.00. The lowest BCUT2D eigenvalue weighted by Gasteiger charge is -2.12. The second-order valence-corrected chi connectivity index (χ2v) is 7.37. The largest absolute Gasteiger partial charge is 0.489 e. The molecule has 0 saturated heterocycles. The van der Waals surface area contributed by atoms with Crippen LogP contribution in [0.1, 0.15) is 36.1 Å². The standard InChI is InChI=1S/C27H28O3/c1-5-29-27(28)21(4)16-24-17-25(13-11-19(24)2)30-18-22-12-14-26(20(3)15-22)23-9-7-6-8-10-23/h6-17H,5,18H2,1-4H3/b21-16+. The first-order valence-corrected chi connectivity index (χ1v) is 10.2. The molecule has 0 N–H and O–H groups in total. The number of carbonyl (C=O) groups excluding carboxylic acids is 1. The maximum absolute atomic E-state index is 11.9. The van der Waals surface area contributed by atoms with Crippen LogP contribution in [-0.2, 0) is 16.1 Å². The molecule has 3 aromatic carbocycles. The average molecular weight is 401 g/mol. The summed E-state index contributed by atoms with van der Waals surface area (Å²) in [5, 5.41) is 0. The fourth-order valence-electron chi connectivity index (χ4n) is 3.32. The van der Waals surface area contributed by atoms with E-state index in [1.807, 2.05) is 37.3 Å². The van der Waals surface area contributed by atoms with Gasteiger partial charge in [0.15, 0.2) is 0 Å². The first kappa shape index (κ1) is 21.4. The van der Waals surface area contributed by atoms with E-state index in [4.69, 9.17) is 9.47 Å². The van der Waals surface area contributed by atoms with Crippen molar-refractivity contribution in [2.75, 3.05) is 6.61 Å². The molecule has 0 heterocycles. The van der Waals surface area contributed by atoms with Gasteiger partial charge in [-0.15, -0.1) is 0 Å². The quantitative estimate of drug-likeness (QED) is 0.335. The Hall–Kier alpha value is -3.33. The minimum atomic E-state index is -0.294. The molecular weight excluding hydrogens is 372 g/mol. The molecule has 3 heteroatoms. The Bertz CT molecular complexity index is 1050. The normalized spacial score (nSPS) is 11.3. The molecule has 0 saturated carbocycles. The molecule has 0 aromatic heterocycles. The SMILES string of the molecule is CCOC(=O)/C(C)=C/c1cc(OCc2ccc(-c3ccccc3)c(C)c2)ccc1C. The van der Waals surface area contributed by atoms with Crippen LogP contribution in [0.5, 0.6) is 5.75 Å². The minimum Gasteiger partial charge on any atom is -0.489 e. The van der Waals surface area contributed by atoms with Crippen molar-refractivity contribution in [1.82, 2.24) is 0 Å². The Kier molecular flexibility index (Phi) is 7.08. The monoisotopic (exact) mass is 400 g/mol. The lowest BCUT2D eigenvalue weighted by Crippen LogP contribution is -2.05. The van der Waals surface area contributed by atoms with Gasteiger partial charge in [-0.1, -0.05) is 54.6 Å². The van der Waals surface area contributed by atoms with E-state index in [0.29, 0.717) is 18.8 Å². The van der Waals surface area contributed by atoms with Gasteiger partial charge < -0.3 is 9.47 Å². The average Bonchev–Trinajstić information content (AvgIpc) is 2.75. The van der Waals surface area contributed by atoms with Gasteiger partial charge in [0.2, 0.25) is 0 Å². The van der Waals surface area contributed by atoms with E-state index in [1.54, 1.807) is 13.8 Å². The van der Waals surface area contributed by atoms with Crippen LogP contribution >= 0.6 is 0 Å². The highest BCUT2D eigenvalue weighted by Gasteiger charge is 2.08. The van der Waals surface area contributed by atoms with Crippen molar-refractivity contribution in [3.63, 3.8) is 0 Å². The van der Waals surface area contributed by atoms with E-state index in [0.717, 1.165) is 22.4 Å². The molecule has 0 aliphatic carbocycles. The number of hydrogen-bond donors (Lipinski definition) is 0. The van der Waals surface area contributed by atoms with Crippen molar-refractivity contribution in [1.29, 1.82) is 0 Å². The van der Waals surface area contributed by atoms with E-state index < -0.39 is 0 Å². The summed E-state index contributed by atoms with van der Waals surface area (Å²) in [7, 11) is 0. The lowest BCUT2D eigenvalue weighted by molar-refractivity contribution is -0.138. The summed E-state index contributed by atoms with van der Waals surface area (Å²) < 4.78 is 11.1. The summed E-state index contributed by atoms with van der Waals surface area (Å²) in [5.74, 6) is 0.477. The summed E-state index contributed by atoms with van der Waals surface area (Å²) in [4.78, 5) is 11.9. The first-order chi connectivity index (χ1) is 14.5. The van der Waals surface area contributed by atoms with Gasteiger partial charge in [-0.2, -0.15) is 0 Å². The third kappa shape index (κ3) is 5.38. The van der Waals surface area contributed by atoms with Gasteiger partial charge in [0.05, 0.1) is 6.61 Å². The molecule has 0 bridgehead atoms. The molecule has 0 atom stereocenters. The zero-order valence-corrected chi connectivity index (χ0v) is 18.1. The maximum Gasteiger partial charge on any atom is 0.333 e. The molecule has 0 unspecified atom stereocenters. The van der Waals surface area contributed by atoms with E-state index in [2.05, 4.69) is 49.4 Å². The van der Waals surface area contributed by atoms with Crippen LogP contribution < -0.4 is 4.74 Å². The zero-order valence-electron chi connectivity index (χ0n) is 18.1. The highest BCUT2D eigenvalue weighted by atomic mass is 16.5. The fourth-order valence-corrected chi connectivity index (χ4v) is 3.32. The summed E-state index contributed by atoms with van der Waals surface area (Å²) in [6, 6.07) is 22.7. The van der Waals surface area contributed by atoms with E-state index >= 15 is 0 Å². The zero-order chi connectivity index (χ0) is 21.5. The van der Waals surface area contributed by atoms with Crippen LogP contribution in [0.2, 0.25) is 0 Å². The summed E-state index contributed by atoms with van der Waals surface area (Å²) in [6.07, 6.45) is 1.85. The van der Waals surface area contributed by atoms with Crippen molar-refractivity contribution < 1.29 is 14.3 Å². The van der Waals surface area contributed by atoms with Crippen molar-refractivity contribution in [2.45, 2.75) is 34.3 Å². The van der Waals surface area contributed by atoms with Crippen molar-refractivity contribution >= 4 is 12.0 Å². The number of carbonyl (C=O) groups is 1. The minimum absolute atomic E-state index is 0.294. The van der Waals surface area contributed by atoms with Crippen LogP contribution in [0, 0.1) is 13.8 Å². The number of hydrogen-bond acceptors (Lipinski definition) is 3. The second-order valence-electron chi connectivity index (χ2n) is 7.37. The predicted molar refractivity (Wildman–Crippen MR) is 122 cm³/mol. The number of aryl methyl sites for hydroxylation is 2. The van der Waals surface area contributed by atoms with Crippen LogP contribution in [0.25, 0.3) is 17.2 Å². The molecule has 0 spiro atoms. The van der Waals surface area contributed by atoms with E-state index in [-0.39, 0.29) is 5.97 Å². The highest BCUT2D eigenvalue weighted by molar-refractivity contribution is 5.93. The van der Waals surface area contributed by atoms with Gasteiger partial charge in [0.1, 0.15) is 12.4 Å². The molecule has 0 amide bonds. The van der Waals surface area contributed by atoms with E-state index in [9.17, 15) is 4.79 Å². The number of benzene rings is 3. The van der Waals surface area contributed by atoms with Gasteiger partial charge >= 0.3 is 5.97 Å². The van der Waals surface area contributed by atoms with Gasteiger partial charge in [-0.3, -0.25) is 0 Å². The third-order valence-corrected chi connectivity index (χ3v) is 5.00. The Morgan fingerprint density at radius 3 is 2.40 bits per heavy atom. The Morgan fingerprint density at radius 1 is 0.933 bits per heavy atom. The smallest absolute Gasteiger partial charge is 0.333 e. The van der Waals surface area contributed by atoms with Gasteiger partial charge in [0.25, 0.3) is 0 Å².